The van der Waals surface area contributed by atoms with Crippen LogP contribution in [-0.4, -0.2) is 17.8 Å². The smallest absolute Gasteiger partial charge is 0.168 e. The number of ether oxygens (including phenoxy) is 1. The molecule has 0 aromatic heterocycles. The number of aliphatic hydroxyl groups is 1. The minimum atomic E-state index is -0.781. The summed E-state index contributed by atoms with van der Waals surface area (Å²) < 4.78 is 19.0. The van der Waals surface area contributed by atoms with Gasteiger partial charge in [0.05, 0.1) is 12.7 Å². The molecule has 18 heavy (non-hydrogen) atoms. The lowest BCUT2D eigenvalue weighted by atomic mass is 9.86. The molecule has 0 aliphatic heterocycles. The van der Waals surface area contributed by atoms with E-state index in [9.17, 15) is 9.50 Å². The van der Waals surface area contributed by atoms with Crippen LogP contribution < -0.4 is 4.74 Å². The average Bonchev–Trinajstić information content (AvgIpc) is 2.56. The molecule has 1 saturated carbocycles. The largest absolute Gasteiger partial charge is 0.494 e. The zero-order chi connectivity index (χ0) is 13.4. The summed E-state index contributed by atoms with van der Waals surface area (Å²) in [6.07, 6.45) is 2.79. The molecule has 2 rings (SSSR count). The predicted octanol–water partition coefficient (Wildman–Crippen LogP) is 3.32. The maximum Gasteiger partial charge on any atom is 0.168 e. The SMILES string of the molecule is COc1cccc(CC2(O)CCC(C)(C)C2)c1F. The van der Waals surface area contributed by atoms with Crippen molar-refractivity contribution in [3.63, 3.8) is 0 Å². The highest BCUT2D eigenvalue weighted by Gasteiger charge is 2.42. The third kappa shape index (κ3) is 2.66. The van der Waals surface area contributed by atoms with Crippen LogP contribution in [0.3, 0.4) is 0 Å². The van der Waals surface area contributed by atoms with Crippen molar-refractivity contribution in [2.45, 2.75) is 45.1 Å². The second-order valence-corrected chi connectivity index (χ2v) is 6.18. The van der Waals surface area contributed by atoms with Gasteiger partial charge in [-0.15, -0.1) is 0 Å². The molecule has 1 N–H and O–H groups in total. The van der Waals surface area contributed by atoms with E-state index in [-0.39, 0.29) is 17.0 Å². The predicted molar refractivity (Wildman–Crippen MR) is 69.2 cm³/mol. The standard InChI is InChI=1S/C15H21FO2/c1-14(2)7-8-15(17,10-14)9-11-5-4-6-12(18-3)13(11)16/h4-6,17H,7-10H2,1-3H3. The lowest BCUT2D eigenvalue weighted by Gasteiger charge is -2.25. The van der Waals surface area contributed by atoms with E-state index in [0.717, 1.165) is 19.3 Å². The first kappa shape index (κ1) is 13.3. The molecule has 0 radical (unpaired) electrons. The normalized spacial score (nSPS) is 26.3. The summed E-state index contributed by atoms with van der Waals surface area (Å²) in [5.41, 5.74) is -0.101. The summed E-state index contributed by atoms with van der Waals surface area (Å²) in [4.78, 5) is 0. The van der Waals surface area contributed by atoms with E-state index in [2.05, 4.69) is 13.8 Å². The molecule has 3 heteroatoms. The van der Waals surface area contributed by atoms with Gasteiger partial charge in [0.2, 0.25) is 0 Å². The van der Waals surface area contributed by atoms with Crippen molar-refractivity contribution in [2.75, 3.05) is 7.11 Å². The van der Waals surface area contributed by atoms with Crippen LogP contribution in [0.2, 0.25) is 0 Å². The number of rotatable bonds is 3. The maximum absolute atomic E-state index is 14.1. The second kappa shape index (κ2) is 4.54. The fourth-order valence-corrected chi connectivity index (χ4v) is 2.99. The van der Waals surface area contributed by atoms with Crippen molar-refractivity contribution >= 4 is 0 Å². The zero-order valence-corrected chi connectivity index (χ0v) is 11.3. The molecule has 0 saturated heterocycles. The Hall–Kier alpha value is -1.09. The fraction of sp³-hybridized carbons (Fsp3) is 0.600. The molecule has 100 valence electrons. The van der Waals surface area contributed by atoms with Crippen LogP contribution in [0.25, 0.3) is 0 Å². The molecule has 1 aliphatic carbocycles. The minimum Gasteiger partial charge on any atom is -0.494 e. The quantitative estimate of drug-likeness (QED) is 0.894. The molecule has 0 spiro atoms. The van der Waals surface area contributed by atoms with Gasteiger partial charge in [-0.25, -0.2) is 4.39 Å². The first-order valence-electron chi connectivity index (χ1n) is 6.39. The molecule has 1 atom stereocenters. The zero-order valence-electron chi connectivity index (χ0n) is 11.3. The van der Waals surface area contributed by atoms with Gasteiger partial charge < -0.3 is 9.84 Å². The van der Waals surface area contributed by atoms with Crippen molar-refractivity contribution in [1.29, 1.82) is 0 Å². The Labute approximate surface area is 108 Å². The van der Waals surface area contributed by atoms with Gasteiger partial charge in [0.15, 0.2) is 11.6 Å². The molecular formula is C15H21FO2. The molecule has 0 amide bonds. The Kier molecular flexibility index (Phi) is 3.37. The summed E-state index contributed by atoms with van der Waals surface area (Å²) >= 11 is 0. The van der Waals surface area contributed by atoms with Crippen LogP contribution in [0.4, 0.5) is 4.39 Å². The topological polar surface area (TPSA) is 29.5 Å². The van der Waals surface area contributed by atoms with Crippen molar-refractivity contribution in [2.24, 2.45) is 5.41 Å². The maximum atomic E-state index is 14.1. The number of benzene rings is 1. The van der Waals surface area contributed by atoms with Crippen molar-refractivity contribution in [1.82, 2.24) is 0 Å². The number of methoxy groups -OCH3 is 1. The summed E-state index contributed by atoms with van der Waals surface area (Å²) in [5, 5.41) is 10.6. The van der Waals surface area contributed by atoms with Crippen LogP contribution >= 0.6 is 0 Å². The van der Waals surface area contributed by atoms with Gasteiger partial charge in [-0.05, 0) is 36.3 Å². The van der Waals surface area contributed by atoms with Crippen LogP contribution in [0, 0.1) is 11.2 Å². The lowest BCUT2D eigenvalue weighted by Crippen LogP contribution is -2.29. The van der Waals surface area contributed by atoms with Crippen LogP contribution in [0.15, 0.2) is 18.2 Å². The van der Waals surface area contributed by atoms with E-state index in [0.29, 0.717) is 12.0 Å². The van der Waals surface area contributed by atoms with Gasteiger partial charge >= 0.3 is 0 Å². The highest BCUT2D eigenvalue weighted by Crippen LogP contribution is 2.45. The highest BCUT2D eigenvalue weighted by molar-refractivity contribution is 5.32. The molecule has 1 aromatic rings. The number of hydrogen-bond acceptors (Lipinski definition) is 2. The van der Waals surface area contributed by atoms with Gasteiger partial charge in [0, 0.05) is 6.42 Å². The van der Waals surface area contributed by atoms with Crippen molar-refractivity contribution in [3.05, 3.63) is 29.6 Å². The molecule has 0 bridgehead atoms. The van der Waals surface area contributed by atoms with E-state index < -0.39 is 5.60 Å². The van der Waals surface area contributed by atoms with Gasteiger partial charge in [0.1, 0.15) is 0 Å². The van der Waals surface area contributed by atoms with Crippen LogP contribution in [-0.2, 0) is 6.42 Å². The Morgan fingerprint density at radius 1 is 1.33 bits per heavy atom. The minimum absolute atomic E-state index is 0.143. The van der Waals surface area contributed by atoms with Crippen molar-refractivity contribution in [3.8, 4) is 5.75 Å². The first-order valence-corrected chi connectivity index (χ1v) is 6.39. The Morgan fingerprint density at radius 3 is 2.61 bits per heavy atom. The van der Waals surface area contributed by atoms with E-state index >= 15 is 0 Å². The lowest BCUT2D eigenvalue weighted by molar-refractivity contribution is 0.0370. The van der Waals surface area contributed by atoms with Crippen LogP contribution in [0.5, 0.6) is 5.75 Å². The van der Waals surface area contributed by atoms with Crippen LogP contribution in [0.1, 0.15) is 38.7 Å². The van der Waals surface area contributed by atoms with Crippen molar-refractivity contribution < 1.29 is 14.2 Å². The number of halogens is 1. The number of hydrogen-bond donors (Lipinski definition) is 1. The summed E-state index contributed by atoms with van der Waals surface area (Å²) in [7, 11) is 1.45. The van der Waals surface area contributed by atoms with Gasteiger partial charge in [-0.2, -0.15) is 0 Å². The Bertz CT molecular complexity index is 442. The van der Waals surface area contributed by atoms with E-state index in [1.807, 2.05) is 0 Å². The first-order chi connectivity index (χ1) is 8.35. The molecule has 1 aliphatic rings. The van der Waals surface area contributed by atoms with Gasteiger partial charge in [-0.1, -0.05) is 26.0 Å². The Morgan fingerprint density at radius 2 is 2.06 bits per heavy atom. The fourth-order valence-electron chi connectivity index (χ4n) is 2.99. The van der Waals surface area contributed by atoms with E-state index in [4.69, 9.17) is 4.74 Å². The highest BCUT2D eigenvalue weighted by atomic mass is 19.1. The molecule has 1 unspecified atom stereocenters. The van der Waals surface area contributed by atoms with E-state index in [1.54, 1.807) is 18.2 Å². The summed E-state index contributed by atoms with van der Waals surface area (Å²) in [6, 6.07) is 5.09. The molecular weight excluding hydrogens is 231 g/mol. The molecule has 2 nitrogen and oxygen atoms in total. The third-order valence-electron chi connectivity index (χ3n) is 3.86. The summed E-state index contributed by atoms with van der Waals surface area (Å²) in [6.45, 7) is 4.29. The van der Waals surface area contributed by atoms with E-state index in [1.165, 1.54) is 7.11 Å². The second-order valence-electron chi connectivity index (χ2n) is 6.18. The monoisotopic (exact) mass is 252 g/mol. The summed E-state index contributed by atoms with van der Waals surface area (Å²) in [5.74, 6) is -0.105. The molecule has 1 aromatic carbocycles. The molecule has 0 heterocycles. The third-order valence-corrected chi connectivity index (χ3v) is 3.86. The average molecular weight is 252 g/mol. The Balaban J connectivity index is 2.20. The van der Waals surface area contributed by atoms with Gasteiger partial charge in [0.25, 0.3) is 0 Å². The van der Waals surface area contributed by atoms with Gasteiger partial charge in [-0.3, -0.25) is 0 Å². The molecule has 1 fully saturated rings.